The van der Waals surface area contributed by atoms with E-state index in [1.807, 2.05) is 19.9 Å². The zero-order valence-corrected chi connectivity index (χ0v) is 12.4. The number of hydrogen-bond acceptors (Lipinski definition) is 3. The molecule has 20 heavy (non-hydrogen) atoms. The molecular weight excluding hydrogens is 258 g/mol. The Balaban J connectivity index is 2.74. The molecule has 1 heterocycles. The van der Waals surface area contributed by atoms with Gasteiger partial charge in [-0.1, -0.05) is 13.3 Å². The maximum Gasteiger partial charge on any atom is 0.320 e. The maximum absolute atomic E-state index is 12.3. The fraction of sp³-hybridized carbons (Fsp3) is 0.786. The van der Waals surface area contributed by atoms with Crippen LogP contribution < -0.4 is 0 Å². The van der Waals surface area contributed by atoms with Crippen molar-refractivity contribution in [2.75, 3.05) is 20.1 Å². The van der Waals surface area contributed by atoms with Crippen molar-refractivity contribution in [3.63, 3.8) is 0 Å². The molecule has 6 nitrogen and oxygen atoms in total. The van der Waals surface area contributed by atoms with Crippen LogP contribution >= 0.6 is 0 Å². The van der Waals surface area contributed by atoms with E-state index in [9.17, 15) is 14.7 Å². The van der Waals surface area contributed by atoms with Gasteiger partial charge in [0, 0.05) is 26.2 Å². The summed E-state index contributed by atoms with van der Waals surface area (Å²) >= 11 is 0. The van der Waals surface area contributed by atoms with Gasteiger partial charge in [0.1, 0.15) is 0 Å². The highest BCUT2D eigenvalue weighted by molar-refractivity contribution is 5.79. The number of aliphatic carboxylic acids is 1. The second kappa shape index (κ2) is 6.60. The first kappa shape index (κ1) is 16.3. The van der Waals surface area contributed by atoms with E-state index in [1.165, 1.54) is 4.90 Å². The molecule has 0 radical (unpaired) electrons. The summed E-state index contributed by atoms with van der Waals surface area (Å²) in [6.07, 6.45) is 2.15. The molecule has 112 valence electrons. The highest BCUT2D eigenvalue weighted by Crippen LogP contribution is 2.36. The third-order valence-corrected chi connectivity index (χ3v) is 4.16. The SMILES string of the molecule is CCCC1(C(=O)O)CCN(C(=O)N(C)C(C)CC#N)C1. The van der Waals surface area contributed by atoms with Gasteiger partial charge in [0.25, 0.3) is 0 Å². The van der Waals surface area contributed by atoms with Gasteiger partial charge in [-0.15, -0.1) is 0 Å². The predicted molar refractivity (Wildman–Crippen MR) is 74.0 cm³/mol. The number of urea groups is 1. The summed E-state index contributed by atoms with van der Waals surface area (Å²) in [4.78, 5) is 26.9. The van der Waals surface area contributed by atoms with Crippen molar-refractivity contribution >= 4 is 12.0 Å². The number of rotatable bonds is 5. The van der Waals surface area contributed by atoms with Gasteiger partial charge in [-0.25, -0.2) is 4.79 Å². The fourth-order valence-corrected chi connectivity index (χ4v) is 2.68. The second-order valence-electron chi connectivity index (χ2n) is 5.61. The van der Waals surface area contributed by atoms with Crippen LogP contribution in [0.5, 0.6) is 0 Å². The third-order valence-electron chi connectivity index (χ3n) is 4.16. The Morgan fingerprint density at radius 1 is 1.55 bits per heavy atom. The molecule has 0 spiro atoms. The van der Waals surface area contributed by atoms with Gasteiger partial charge < -0.3 is 14.9 Å². The molecular formula is C14H23N3O3. The summed E-state index contributed by atoms with van der Waals surface area (Å²) in [7, 11) is 1.66. The van der Waals surface area contributed by atoms with E-state index >= 15 is 0 Å². The van der Waals surface area contributed by atoms with Crippen LogP contribution in [0.4, 0.5) is 4.79 Å². The lowest BCUT2D eigenvalue weighted by atomic mass is 9.83. The molecule has 0 saturated carbocycles. The topological polar surface area (TPSA) is 84.6 Å². The molecule has 2 atom stereocenters. The maximum atomic E-state index is 12.3. The van der Waals surface area contributed by atoms with E-state index in [4.69, 9.17) is 5.26 Å². The van der Waals surface area contributed by atoms with Crippen LogP contribution in [0, 0.1) is 16.7 Å². The number of nitriles is 1. The number of carboxylic acids is 1. The molecule has 0 aromatic heterocycles. The molecule has 1 fully saturated rings. The van der Waals surface area contributed by atoms with Crippen LogP contribution in [0.25, 0.3) is 0 Å². The first-order valence-corrected chi connectivity index (χ1v) is 7.00. The van der Waals surface area contributed by atoms with Crippen molar-refractivity contribution in [1.82, 2.24) is 9.80 Å². The second-order valence-corrected chi connectivity index (χ2v) is 5.61. The Labute approximate surface area is 120 Å². The van der Waals surface area contributed by atoms with Crippen molar-refractivity contribution in [2.24, 2.45) is 5.41 Å². The third kappa shape index (κ3) is 3.21. The number of likely N-dealkylation sites (tertiary alicyclic amines) is 1. The van der Waals surface area contributed by atoms with E-state index < -0.39 is 11.4 Å². The lowest BCUT2D eigenvalue weighted by molar-refractivity contribution is -0.148. The molecule has 2 amide bonds. The lowest BCUT2D eigenvalue weighted by Gasteiger charge is -2.30. The van der Waals surface area contributed by atoms with Crippen LogP contribution in [0.15, 0.2) is 0 Å². The molecule has 2 unspecified atom stereocenters. The summed E-state index contributed by atoms with van der Waals surface area (Å²) in [5.41, 5.74) is -0.802. The average molecular weight is 281 g/mol. The summed E-state index contributed by atoms with van der Waals surface area (Å²) in [6.45, 7) is 4.50. The molecule has 1 saturated heterocycles. The van der Waals surface area contributed by atoms with Crippen molar-refractivity contribution in [2.45, 2.75) is 45.6 Å². The standard InChI is InChI=1S/C14H23N3O3/c1-4-6-14(12(18)19)7-9-17(10-14)13(20)16(3)11(2)5-8-15/h11H,4-7,9-10H2,1-3H3,(H,18,19). The van der Waals surface area contributed by atoms with Gasteiger partial charge in [0.2, 0.25) is 0 Å². The van der Waals surface area contributed by atoms with Gasteiger partial charge in [-0.2, -0.15) is 5.26 Å². The minimum absolute atomic E-state index is 0.168. The number of nitrogens with zero attached hydrogens (tertiary/aromatic N) is 3. The number of amides is 2. The summed E-state index contributed by atoms with van der Waals surface area (Å²) in [6, 6.07) is 1.69. The molecule has 1 rings (SSSR count). The van der Waals surface area contributed by atoms with Crippen molar-refractivity contribution in [1.29, 1.82) is 5.26 Å². The Bertz CT molecular complexity index is 418. The Kier molecular flexibility index (Phi) is 5.37. The Morgan fingerprint density at radius 3 is 2.70 bits per heavy atom. The van der Waals surface area contributed by atoms with E-state index in [2.05, 4.69) is 0 Å². The van der Waals surface area contributed by atoms with Crippen LogP contribution in [-0.2, 0) is 4.79 Å². The fourth-order valence-electron chi connectivity index (χ4n) is 2.68. The van der Waals surface area contributed by atoms with Gasteiger partial charge >= 0.3 is 12.0 Å². The van der Waals surface area contributed by atoms with Crippen LogP contribution in [0.2, 0.25) is 0 Å². The molecule has 1 aliphatic heterocycles. The number of carbonyl (C=O) groups excluding carboxylic acids is 1. The van der Waals surface area contributed by atoms with Crippen molar-refractivity contribution in [3.8, 4) is 6.07 Å². The zero-order chi connectivity index (χ0) is 15.3. The molecule has 0 bridgehead atoms. The normalized spacial score (nSPS) is 23.2. The monoisotopic (exact) mass is 281 g/mol. The highest BCUT2D eigenvalue weighted by Gasteiger charge is 2.46. The summed E-state index contributed by atoms with van der Waals surface area (Å²) < 4.78 is 0. The van der Waals surface area contributed by atoms with E-state index in [-0.39, 0.29) is 25.0 Å². The van der Waals surface area contributed by atoms with Crippen LogP contribution in [-0.4, -0.2) is 53.1 Å². The van der Waals surface area contributed by atoms with E-state index in [1.54, 1.807) is 11.9 Å². The summed E-state index contributed by atoms with van der Waals surface area (Å²) in [5.74, 6) is -0.817. The Hall–Kier alpha value is -1.77. The van der Waals surface area contributed by atoms with Crippen LogP contribution in [0.3, 0.4) is 0 Å². The van der Waals surface area contributed by atoms with Crippen LogP contribution in [0.1, 0.15) is 39.5 Å². The molecule has 1 N–H and O–H groups in total. The molecule has 0 aromatic rings. The predicted octanol–water partition coefficient (Wildman–Crippen LogP) is 1.92. The first-order chi connectivity index (χ1) is 9.38. The number of hydrogen-bond donors (Lipinski definition) is 1. The van der Waals surface area contributed by atoms with Crippen molar-refractivity contribution in [3.05, 3.63) is 0 Å². The first-order valence-electron chi connectivity index (χ1n) is 7.00. The number of carboxylic acid groups (broad SMARTS) is 1. The Morgan fingerprint density at radius 2 is 2.20 bits per heavy atom. The molecule has 0 aromatic carbocycles. The van der Waals surface area contributed by atoms with Gasteiger partial charge in [0.15, 0.2) is 0 Å². The van der Waals surface area contributed by atoms with Gasteiger partial charge in [-0.05, 0) is 19.8 Å². The van der Waals surface area contributed by atoms with Crippen molar-refractivity contribution < 1.29 is 14.7 Å². The van der Waals surface area contributed by atoms with E-state index in [0.717, 1.165) is 6.42 Å². The highest BCUT2D eigenvalue weighted by atomic mass is 16.4. The average Bonchev–Trinajstić information content (AvgIpc) is 2.83. The number of carbonyl (C=O) groups is 2. The quantitative estimate of drug-likeness (QED) is 0.834. The zero-order valence-electron chi connectivity index (χ0n) is 12.4. The molecule has 1 aliphatic rings. The van der Waals surface area contributed by atoms with Gasteiger partial charge in [-0.3, -0.25) is 4.79 Å². The largest absolute Gasteiger partial charge is 0.481 e. The minimum atomic E-state index is -0.817. The summed E-state index contributed by atoms with van der Waals surface area (Å²) in [5, 5.41) is 18.1. The molecule has 6 heteroatoms. The minimum Gasteiger partial charge on any atom is -0.481 e. The van der Waals surface area contributed by atoms with E-state index in [0.29, 0.717) is 19.4 Å². The lowest BCUT2D eigenvalue weighted by Crippen LogP contribution is -2.45. The smallest absolute Gasteiger partial charge is 0.320 e. The van der Waals surface area contributed by atoms with Gasteiger partial charge in [0.05, 0.1) is 17.9 Å². The molecule has 0 aliphatic carbocycles.